The molecule has 3 rings (SSSR count). The lowest BCUT2D eigenvalue weighted by Gasteiger charge is -2.29. The molecule has 1 aromatic rings. The maximum absolute atomic E-state index is 13.2. The summed E-state index contributed by atoms with van der Waals surface area (Å²) >= 11 is 0. The van der Waals surface area contributed by atoms with Crippen LogP contribution >= 0.6 is 0 Å². The molecule has 1 N–H and O–H groups in total. The van der Waals surface area contributed by atoms with Gasteiger partial charge in [0.25, 0.3) is 0 Å². The minimum absolute atomic E-state index is 0.0161. The van der Waals surface area contributed by atoms with Crippen molar-refractivity contribution in [3.8, 4) is 0 Å². The number of hydrogen-bond donors (Lipinski definition) is 1. The summed E-state index contributed by atoms with van der Waals surface area (Å²) in [6.45, 7) is 3.98. The molecular weight excluding hydrogens is 418 g/mol. The Kier molecular flexibility index (Phi) is 7.65. The van der Waals surface area contributed by atoms with Gasteiger partial charge in [0.2, 0.25) is 20.0 Å². The second kappa shape index (κ2) is 9.82. The molecule has 2 aliphatic rings. The first-order valence-electron chi connectivity index (χ1n) is 9.87. The third kappa shape index (κ3) is 5.35. The molecule has 2 saturated heterocycles. The summed E-state index contributed by atoms with van der Waals surface area (Å²) in [5, 5.41) is 9.37. The SMILES string of the molecule is O=S(=O)(c1cccc(S(=O)(=O)N(CCO)CCN2CCOCC2)c1)N1CCCC1. The number of rotatable bonds is 9. The molecule has 11 heteroatoms. The van der Waals surface area contributed by atoms with E-state index in [9.17, 15) is 21.9 Å². The van der Waals surface area contributed by atoms with Gasteiger partial charge < -0.3 is 9.84 Å². The predicted octanol–water partition coefficient (Wildman–Crippen LogP) is -0.214. The van der Waals surface area contributed by atoms with E-state index in [-0.39, 0.29) is 29.5 Å². The molecule has 164 valence electrons. The first-order valence-corrected chi connectivity index (χ1v) is 12.7. The molecule has 0 aromatic heterocycles. The fourth-order valence-corrected chi connectivity index (χ4v) is 6.67. The van der Waals surface area contributed by atoms with E-state index in [2.05, 4.69) is 4.90 Å². The zero-order valence-electron chi connectivity index (χ0n) is 16.4. The van der Waals surface area contributed by atoms with Crippen LogP contribution in [0.1, 0.15) is 12.8 Å². The lowest BCUT2D eigenvalue weighted by molar-refractivity contribution is 0.0359. The maximum atomic E-state index is 13.2. The molecule has 9 nitrogen and oxygen atoms in total. The third-order valence-electron chi connectivity index (χ3n) is 5.26. The highest BCUT2D eigenvalue weighted by molar-refractivity contribution is 7.90. The van der Waals surface area contributed by atoms with Gasteiger partial charge in [-0.15, -0.1) is 0 Å². The number of ether oxygens (including phenoxy) is 1. The summed E-state index contributed by atoms with van der Waals surface area (Å²) in [6.07, 6.45) is 1.62. The summed E-state index contributed by atoms with van der Waals surface area (Å²) < 4.78 is 59.8. The monoisotopic (exact) mass is 447 g/mol. The van der Waals surface area contributed by atoms with E-state index in [1.165, 1.54) is 32.9 Å². The highest BCUT2D eigenvalue weighted by Gasteiger charge is 2.30. The first kappa shape index (κ1) is 22.6. The number of morpholine rings is 1. The van der Waals surface area contributed by atoms with Crippen LogP contribution in [0.3, 0.4) is 0 Å². The van der Waals surface area contributed by atoms with Crippen molar-refractivity contribution < 1.29 is 26.7 Å². The van der Waals surface area contributed by atoms with Crippen LogP contribution in [-0.2, 0) is 24.8 Å². The molecule has 0 aliphatic carbocycles. The van der Waals surface area contributed by atoms with Gasteiger partial charge in [-0.1, -0.05) is 6.07 Å². The van der Waals surface area contributed by atoms with Gasteiger partial charge in [-0.2, -0.15) is 8.61 Å². The van der Waals surface area contributed by atoms with Gasteiger partial charge in [0, 0.05) is 45.8 Å². The standard InChI is InChI=1S/C18H29N3O6S2/c22-13-10-21(9-8-19-11-14-27-15-12-19)29(25,26)18-5-3-4-17(16-18)28(23,24)20-6-1-2-7-20/h3-5,16,22H,1-2,6-15H2. The van der Waals surface area contributed by atoms with Crippen molar-refractivity contribution in [3.63, 3.8) is 0 Å². The number of nitrogens with zero attached hydrogens (tertiary/aromatic N) is 3. The van der Waals surface area contributed by atoms with Gasteiger partial charge in [-0.3, -0.25) is 4.90 Å². The summed E-state index contributed by atoms with van der Waals surface area (Å²) in [5.74, 6) is 0. The van der Waals surface area contributed by atoms with Crippen LogP contribution in [0.2, 0.25) is 0 Å². The van der Waals surface area contributed by atoms with Crippen molar-refractivity contribution in [2.24, 2.45) is 0 Å². The Morgan fingerprint density at radius 1 is 0.966 bits per heavy atom. The van der Waals surface area contributed by atoms with Crippen LogP contribution < -0.4 is 0 Å². The zero-order chi connectivity index (χ0) is 20.9. The number of hydrogen-bond acceptors (Lipinski definition) is 7. The van der Waals surface area contributed by atoms with Crippen LogP contribution in [-0.4, -0.2) is 101 Å². The second-order valence-electron chi connectivity index (χ2n) is 7.17. The molecule has 29 heavy (non-hydrogen) atoms. The lowest BCUT2D eigenvalue weighted by Crippen LogP contribution is -2.43. The Morgan fingerprint density at radius 2 is 1.62 bits per heavy atom. The first-order chi connectivity index (χ1) is 13.9. The lowest BCUT2D eigenvalue weighted by atomic mass is 10.4. The minimum atomic E-state index is -3.94. The Morgan fingerprint density at radius 3 is 2.28 bits per heavy atom. The highest BCUT2D eigenvalue weighted by Crippen LogP contribution is 2.24. The van der Waals surface area contributed by atoms with Crippen LogP contribution in [0.15, 0.2) is 34.1 Å². The fraction of sp³-hybridized carbons (Fsp3) is 0.667. The van der Waals surface area contributed by atoms with E-state index in [0.29, 0.717) is 32.8 Å². The van der Waals surface area contributed by atoms with E-state index in [1.54, 1.807) is 0 Å². The largest absolute Gasteiger partial charge is 0.395 e. The summed E-state index contributed by atoms with van der Waals surface area (Å²) in [5.41, 5.74) is 0. The van der Waals surface area contributed by atoms with Gasteiger partial charge >= 0.3 is 0 Å². The highest BCUT2D eigenvalue weighted by atomic mass is 32.2. The average Bonchev–Trinajstić information content (AvgIpc) is 3.28. The predicted molar refractivity (Wildman–Crippen MR) is 108 cm³/mol. The third-order valence-corrected chi connectivity index (χ3v) is 9.05. The molecule has 2 fully saturated rings. The molecule has 0 amide bonds. The molecule has 0 atom stereocenters. The Balaban J connectivity index is 1.80. The molecule has 1 aromatic carbocycles. The molecule has 2 aliphatic heterocycles. The van der Waals surface area contributed by atoms with Gasteiger partial charge in [0.15, 0.2) is 0 Å². The normalized spacial score (nSPS) is 19.8. The van der Waals surface area contributed by atoms with Crippen molar-refractivity contribution in [1.82, 2.24) is 13.5 Å². The van der Waals surface area contributed by atoms with Crippen LogP contribution in [0.5, 0.6) is 0 Å². The Labute approximate surface area is 173 Å². The fourth-order valence-electron chi connectivity index (χ4n) is 3.56. The molecule has 0 spiro atoms. The number of aliphatic hydroxyl groups excluding tert-OH is 1. The molecule has 0 bridgehead atoms. The van der Waals surface area contributed by atoms with Crippen LogP contribution in [0.4, 0.5) is 0 Å². The summed E-state index contributed by atoms with van der Waals surface area (Å²) in [7, 11) is -7.65. The van der Waals surface area contributed by atoms with E-state index in [4.69, 9.17) is 4.74 Å². The summed E-state index contributed by atoms with van der Waals surface area (Å²) in [4.78, 5) is 2.02. The van der Waals surface area contributed by atoms with E-state index >= 15 is 0 Å². The Hall–Kier alpha value is -1.08. The van der Waals surface area contributed by atoms with Crippen molar-refractivity contribution in [1.29, 1.82) is 0 Å². The molecule has 2 heterocycles. The van der Waals surface area contributed by atoms with Crippen molar-refractivity contribution >= 4 is 20.0 Å². The van der Waals surface area contributed by atoms with Gasteiger partial charge in [-0.25, -0.2) is 16.8 Å². The molecular formula is C18H29N3O6S2. The van der Waals surface area contributed by atoms with Crippen molar-refractivity contribution in [2.75, 3.05) is 65.6 Å². The van der Waals surface area contributed by atoms with Gasteiger partial charge in [0.1, 0.15) is 0 Å². The Bertz CT molecular complexity index is 879. The minimum Gasteiger partial charge on any atom is -0.395 e. The van der Waals surface area contributed by atoms with Crippen molar-refractivity contribution in [2.45, 2.75) is 22.6 Å². The quantitative estimate of drug-likeness (QED) is 0.558. The molecule has 0 radical (unpaired) electrons. The van der Waals surface area contributed by atoms with Gasteiger partial charge in [-0.05, 0) is 31.0 Å². The number of aliphatic hydroxyl groups is 1. The van der Waals surface area contributed by atoms with E-state index < -0.39 is 20.0 Å². The van der Waals surface area contributed by atoms with E-state index in [0.717, 1.165) is 25.9 Å². The smallest absolute Gasteiger partial charge is 0.243 e. The van der Waals surface area contributed by atoms with Crippen LogP contribution in [0.25, 0.3) is 0 Å². The topological polar surface area (TPSA) is 107 Å². The average molecular weight is 448 g/mol. The van der Waals surface area contributed by atoms with Crippen molar-refractivity contribution in [3.05, 3.63) is 24.3 Å². The number of benzene rings is 1. The second-order valence-corrected chi connectivity index (χ2v) is 11.0. The summed E-state index contributed by atoms with van der Waals surface area (Å²) in [6, 6.07) is 5.51. The van der Waals surface area contributed by atoms with Crippen LogP contribution in [0, 0.1) is 0 Å². The maximum Gasteiger partial charge on any atom is 0.243 e. The molecule has 0 unspecified atom stereocenters. The van der Waals surface area contributed by atoms with E-state index in [1.807, 2.05) is 0 Å². The zero-order valence-corrected chi connectivity index (χ0v) is 18.1. The molecule has 0 saturated carbocycles. The number of sulfonamides is 2. The van der Waals surface area contributed by atoms with Gasteiger partial charge in [0.05, 0.1) is 29.6 Å².